The van der Waals surface area contributed by atoms with Gasteiger partial charge in [-0.25, -0.2) is 0 Å². The van der Waals surface area contributed by atoms with Crippen LogP contribution in [0.5, 0.6) is 0 Å². The topological polar surface area (TPSA) is 17.1 Å². The second kappa shape index (κ2) is 5.07. The van der Waals surface area contributed by atoms with Crippen LogP contribution in [0.15, 0.2) is 29.2 Å². The summed E-state index contributed by atoms with van der Waals surface area (Å²) in [6.07, 6.45) is 1.55. The molecule has 0 spiro atoms. The number of hydrogen-bond donors (Lipinski definition) is 0. The van der Waals surface area contributed by atoms with Crippen molar-refractivity contribution in [2.24, 2.45) is 0 Å². The minimum absolute atomic E-state index is 0.262. The van der Waals surface area contributed by atoms with Gasteiger partial charge in [-0.3, -0.25) is 4.79 Å². The monoisotopic (exact) mass is 252 g/mol. The van der Waals surface area contributed by atoms with Gasteiger partial charge in [0, 0.05) is 17.0 Å². The van der Waals surface area contributed by atoms with Crippen molar-refractivity contribution in [3.8, 4) is 0 Å². The molecular formula is C13H13ClOS. The standard InChI is InChI=1S/C13H13ClOS/c1-2-16-12-8-7-11(15)13(12)9-3-5-10(14)6-4-9/h3-6H,2,7-8H2,1H3. The molecule has 0 saturated heterocycles. The molecule has 2 rings (SSSR count). The summed E-state index contributed by atoms with van der Waals surface area (Å²) >= 11 is 7.62. The van der Waals surface area contributed by atoms with E-state index < -0.39 is 0 Å². The Labute approximate surface area is 105 Å². The fourth-order valence-electron chi connectivity index (χ4n) is 1.89. The Morgan fingerprint density at radius 2 is 1.94 bits per heavy atom. The third kappa shape index (κ3) is 2.33. The lowest BCUT2D eigenvalue weighted by molar-refractivity contribution is -0.113. The maximum absolute atomic E-state index is 11.8. The van der Waals surface area contributed by atoms with E-state index in [-0.39, 0.29) is 5.78 Å². The number of halogens is 1. The van der Waals surface area contributed by atoms with E-state index >= 15 is 0 Å². The van der Waals surface area contributed by atoms with E-state index in [2.05, 4.69) is 6.92 Å². The zero-order valence-corrected chi connectivity index (χ0v) is 10.7. The molecule has 16 heavy (non-hydrogen) atoms. The Kier molecular flexibility index (Phi) is 3.72. The average molecular weight is 253 g/mol. The SMILES string of the molecule is CCSC1=C(c2ccc(Cl)cc2)C(=O)CC1. The summed E-state index contributed by atoms with van der Waals surface area (Å²) in [5.74, 6) is 1.28. The lowest BCUT2D eigenvalue weighted by Gasteiger charge is -2.05. The molecule has 1 nitrogen and oxygen atoms in total. The molecule has 0 heterocycles. The Morgan fingerprint density at radius 3 is 2.56 bits per heavy atom. The third-order valence-electron chi connectivity index (χ3n) is 2.59. The highest BCUT2D eigenvalue weighted by Crippen LogP contribution is 2.37. The second-order valence-corrected chi connectivity index (χ2v) is 5.46. The lowest BCUT2D eigenvalue weighted by Crippen LogP contribution is -1.95. The quantitative estimate of drug-likeness (QED) is 0.803. The molecule has 0 fully saturated rings. The zero-order valence-electron chi connectivity index (χ0n) is 9.13. The van der Waals surface area contributed by atoms with Crippen LogP contribution in [0.3, 0.4) is 0 Å². The summed E-state index contributed by atoms with van der Waals surface area (Å²) in [5.41, 5.74) is 1.91. The Balaban J connectivity index is 2.39. The van der Waals surface area contributed by atoms with Gasteiger partial charge in [0.15, 0.2) is 5.78 Å². The highest BCUT2D eigenvalue weighted by Gasteiger charge is 2.23. The Bertz CT molecular complexity index is 434. The summed E-state index contributed by atoms with van der Waals surface area (Å²) in [7, 11) is 0. The number of Topliss-reactive ketones (excluding diaryl/α,β-unsaturated/α-hetero) is 1. The van der Waals surface area contributed by atoms with Crippen molar-refractivity contribution >= 4 is 34.7 Å². The van der Waals surface area contributed by atoms with Crippen LogP contribution in [0.1, 0.15) is 25.3 Å². The van der Waals surface area contributed by atoms with Crippen molar-refractivity contribution in [1.29, 1.82) is 0 Å². The van der Waals surface area contributed by atoms with Gasteiger partial charge >= 0.3 is 0 Å². The average Bonchev–Trinajstić information content (AvgIpc) is 2.62. The molecule has 0 radical (unpaired) electrons. The van der Waals surface area contributed by atoms with E-state index in [1.54, 1.807) is 11.8 Å². The normalized spacial score (nSPS) is 16.0. The molecule has 0 N–H and O–H groups in total. The minimum Gasteiger partial charge on any atom is -0.294 e. The predicted molar refractivity (Wildman–Crippen MR) is 70.7 cm³/mol. The van der Waals surface area contributed by atoms with Crippen LogP contribution in [0.4, 0.5) is 0 Å². The van der Waals surface area contributed by atoms with Crippen LogP contribution in [0.25, 0.3) is 5.57 Å². The highest BCUT2D eigenvalue weighted by atomic mass is 35.5. The molecule has 1 aliphatic carbocycles. The smallest absolute Gasteiger partial charge is 0.164 e. The third-order valence-corrected chi connectivity index (χ3v) is 3.89. The molecule has 0 unspecified atom stereocenters. The molecule has 0 aliphatic heterocycles. The molecule has 84 valence electrons. The minimum atomic E-state index is 0.262. The number of carbonyl (C=O) groups is 1. The number of ketones is 1. The van der Waals surface area contributed by atoms with Gasteiger partial charge in [0.25, 0.3) is 0 Å². The summed E-state index contributed by atoms with van der Waals surface area (Å²) in [5, 5.41) is 0.708. The molecule has 0 atom stereocenters. The fraction of sp³-hybridized carbons (Fsp3) is 0.308. The van der Waals surface area contributed by atoms with Crippen molar-refractivity contribution in [2.75, 3.05) is 5.75 Å². The second-order valence-electron chi connectivity index (χ2n) is 3.66. The van der Waals surface area contributed by atoms with Crippen molar-refractivity contribution < 1.29 is 4.79 Å². The Morgan fingerprint density at radius 1 is 1.25 bits per heavy atom. The number of rotatable bonds is 3. The number of hydrogen-bond acceptors (Lipinski definition) is 2. The van der Waals surface area contributed by atoms with Crippen molar-refractivity contribution in [2.45, 2.75) is 19.8 Å². The van der Waals surface area contributed by atoms with Crippen molar-refractivity contribution in [3.63, 3.8) is 0 Å². The molecule has 0 bridgehead atoms. The van der Waals surface area contributed by atoms with Crippen LogP contribution in [-0.4, -0.2) is 11.5 Å². The number of benzene rings is 1. The highest BCUT2D eigenvalue weighted by molar-refractivity contribution is 8.03. The van der Waals surface area contributed by atoms with E-state index in [1.165, 1.54) is 4.91 Å². The van der Waals surface area contributed by atoms with Gasteiger partial charge in [0.1, 0.15) is 0 Å². The van der Waals surface area contributed by atoms with Crippen molar-refractivity contribution in [3.05, 3.63) is 39.8 Å². The van der Waals surface area contributed by atoms with Gasteiger partial charge in [0.2, 0.25) is 0 Å². The maximum atomic E-state index is 11.8. The van der Waals surface area contributed by atoms with E-state index in [9.17, 15) is 4.79 Å². The number of allylic oxidation sites excluding steroid dienone is 2. The summed E-state index contributed by atoms with van der Waals surface area (Å²) < 4.78 is 0. The van der Waals surface area contributed by atoms with Crippen LogP contribution in [0, 0.1) is 0 Å². The van der Waals surface area contributed by atoms with E-state index in [1.807, 2.05) is 24.3 Å². The first-order chi connectivity index (χ1) is 7.72. The number of thioether (sulfide) groups is 1. The van der Waals surface area contributed by atoms with E-state index in [4.69, 9.17) is 11.6 Å². The summed E-state index contributed by atoms with van der Waals surface area (Å²) in [6, 6.07) is 7.53. The van der Waals surface area contributed by atoms with Crippen LogP contribution >= 0.6 is 23.4 Å². The zero-order chi connectivity index (χ0) is 11.5. The fourth-order valence-corrected chi connectivity index (χ4v) is 2.99. The molecule has 1 aromatic carbocycles. The van der Waals surface area contributed by atoms with E-state index in [0.29, 0.717) is 11.4 Å². The first-order valence-corrected chi connectivity index (χ1v) is 6.74. The lowest BCUT2D eigenvalue weighted by atomic mass is 10.1. The van der Waals surface area contributed by atoms with Crippen LogP contribution in [0.2, 0.25) is 5.02 Å². The molecule has 0 saturated carbocycles. The largest absolute Gasteiger partial charge is 0.294 e. The van der Waals surface area contributed by atoms with Gasteiger partial charge in [-0.15, -0.1) is 11.8 Å². The van der Waals surface area contributed by atoms with Gasteiger partial charge in [-0.2, -0.15) is 0 Å². The predicted octanol–water partition coefficient (Wildman–Crippen LogP) is 4.17. The number of carbonyl (C=O) groups excluding carboxylic acids is 1. The molecular weight excluding hydrogens is 240 g/mol. The molecule has 0 amide bonds. The van der Waals surface area contributed by atoms with Crippen LogP contribution < -0.4 is 0 Å². The first-order valence-electron chi connectivity index (χ1n) is 5.37. The molecule has 1 aliphatic rings. The molecule has 0 aromatic heterocycles. The van der Waals surface area contributed by atoms with Gasteiger partial charge in [-0.1, -0.05) is 30.7 Å². The van der Waals surface area contributed by atoms with Crippen molar-refractivity contribution in [1.82, 2.24) is 0 Å². The van der Waals surface area contributed by atoms with Crippen LogP contribution in [-0.2, 0) is 4.79 Å². The van der Waals surface area contributed by atoms with Gasteiger partial charge in [-0.05, 0) is 34.8 Å². The Hall–Kier alpha value is -0.730. The molecule has 1 aromatic rings. The van der Waals surface area contributed by atoms with Gasteiger partial charge < -0.3 is 0 Å². The first kappa shape index (κ1) is 11.7. The summed E-state index contributed by atoms with van der Waals surface area (Å²) in [6.45, 7) is 2.11. The maximum Gasteiger partial charge on any atom is 0.164 e. The van der Waals surface area contributed by atoms with E-state index in [0.717, 1.165) is 23.3 Å². The summed E-state index contributed by atoms with van der Waals surface area (Å²) in [4.78, 5) is 13.1. The molecule has 3 heteroatoms. The van der Waals surface area contributed by atoms with Gasteiger partial charge in [0.05, 0.1) is 0 Å².